The maximum atomic E-state index is 5.07. The summed E-state index contributed by atoms with van der Waals surface area (Å²) in [4.78, 5) is 4.29. The molecule has 1 aliphatic carbocycles. The van der Waals surface area contributed by atoms with Crippen LogP contribution in [-0.4, -0.2) is 10.1 Å². The molecule has 0 atom stereocenters. The molecule has 0 N–H and O–H groups in total. The summed E-state index contributed by atoms with van der Waals surface area (Å²) >= 11 is 0. The first-order valence-electron chi connectivity index (χ1n) is 4.11. The summed E-state index contributed by atoms with van der Waals surface area (Å²) in [7, 11) is 0. The lowest BCUT2D eigenvalue weighted by atomic mass is 10.2. The van der Waals surface area contributed by atoms with E-state index in [1.54, 1.807) is 0 Å². The molecule has 0 aromatic carbocycles. The third-order valence-electron chi connectivity index (χ3n) is 1.89. The number of rotatable bonds is 2. The molecule has 1 fully saturated rings. The van der Waals surface area contributed by atoms with E-state index in [0.29, 0.717) is 11.8 Å². The van der Waals surface area contributed by atoms with Crippen LogP contribution in [0, 0.1) is 0 Å². The van der Waals surface area contributed by atoms with E-state index in [2.05, 4.69) is 24.0 Å². The molecule has 11 heavy (non-hydrogen) atoms. The molecule has 1 heterocycles. The molecule has 3 nitrogen and oxygen atoms in total. The molecular weight excluding hydrogens is 140 g/mol. The van der Waals surface area contributed by atoms with E-state index in [1.807, 2.05) is 0 Å². The van der Waals surface area contributed by atoms with E-state index in [4.69, 9.17) is 4.52 Å². The van der Waals surface area contributed by atoms with Gasteiger partial charge in [-0.15, -0.1) is 0 Å². The smallest absolute Gasteiger partial charge is 0.229 e. The van der Waals surface area contributed by atoms with Crippen LogP contribution in [0.2, 0.25) is 0 Å². The molecule has 1 saturated carbocycles. The van der Waals surface area contributed by atoms with Crippen molar-refractivity contribution in [2.24, 2.45) is 0 Å². The van der Waals surface area contributed by atoms with Crippen molar-refractivity contribution in [2.45, 2.75) is 38.5 Å². The minimum absolute atomic E-state index is 0.356. The lowest BCUT2D eigenvalue weighted by Crippen LogP contribution is -1.87. The van der Waals surface area contributed by atoms with Gasteiger partial charge in [-0.3, -0.25) is 0 Å². The maximum Gasteiger partial charge on any atom is 0.229 e. The van der Waals surface area contributed by atoms with Gasteiger partial charge in [0.25, 0.3) is 0 Å². The van der Waals surface area contributed by atoms with Crippen LogP contribution in [0.3, 0.4) is 0 Å². The van der Waals surface area contributed by atoms with Crippen LogP contribution in [-0.2, 0) is 0 Å². The molecular formula is C8H12N2O. The van der Waals surface area contributed by atoms with Crippen LogP contribution in [0.5, 0.6) is 0 Å². The second kappa shape index (κ2) is 2.32. The zero-order valence-corrected chi connectivity index (χ0v) is 6.87. The summed E-state index contributed by atoms with van der Waals surface area (Å²) in [5.74, 6) is 2.64. The first-order chi connectivity index (χ1) is 5.27. The third-order valence-corrected chi connectivity index (χ3v) is 1.89. The summed E-state index contributed by atoms with van der Waals surface area (Å²) in [5, 5.41) is 3.91. The van der Waals surface area contributed by atoms with Gasteiger partial charge in [0.15, 0.2) is 5.82 Å². The maximum absolute atomic E-state index is 5.07. The number of hydrogen-bond acceptors (Lipinski definition) is 3. The number of hydrogen-bond donors (Lipinski definition) is 0. The van der Waals surface area contributed by atoms with Crippen LogP contribution < -0.4 is 0 Å². The van der Waals surface area contributed by atoms with Crippen molar-refractivity contribution in [3.05, 3.63) is 11.7 Å². The van der Waals surface area contributed by atoms with Gasteiger partial charge in [0.05, 0.1) is 0 Å². The fraction of sp³-hybridized carbons (Fsp3) is 0.750. The lowest BCUT2D eigenvalue weighted by Gasteiger charge is -1.91. The van der Waals surface area contributed by atoms with Crippen LogP contribution >= 0.6 is 0 Å². The molecule has 1 aliphatic rings. The van der Waals surface area contributed by atoms with E-state index >= 15 is 0 Å². The molecule has 0 spiro atoms. The largest absolute Gasteiger partial charge is 0.339 e. The van der Waals surface area contributed by atoms with Crippen molar-refractivity contribution in [1.82, 2.24) is 10.1 Å². The molecule has 0 aliphatic heterocycles. The van der Waals surface area contributed by atoms with E-state index in [1.165, 1.54) is 12.8 Å². The Morgan fingerprint density at radius 2 is 2.18 bits per heavy atom. The molecule has 1 aromatic rings. The van der Waals surface area contributed by atoms with E-state index in [-0.39, 0.29) is 0 Å². The van der Waals surface area contributed by atoms with Gasteiger partial charge in [-0.2, -0.15) is 4.98 Å². The zero-order valence-electron chi connectivity index (χ0n) is 6.87. The van der Waals surface area contributed by atoms with Crippen molar-refractivity contribution in [2.75, 3.05) is 0 Å². The number of nitrogens with zero attached hydrogens (tertiary/aromatic N) is 2. The Hall–Kier alpha value is -0.860. The summed E-state index contributed by atoms with van der Waals surface area (Å²) in [6.07, 6.45) is 2.47. The Balaban J connectivity index is 2.18. The Morgan fingerprint density at radius 1 is 1.45 bits per heavy atom. The van der Waals surface area contributed by atoms with Gasteiger partial charge in [-0.25, -0.2) is 0 Å². The summed E-state index contributed by atoms with van der Waals surface area (Å²) in [6, 6.07) is 0. The lowest BCUT2D eigenvalue weighted by molar-refractivity contribution is 0.361. The standard InChI is InChI=1S/C8H12N2O/c1-5(2)8-9-7(10-11-8)6-3-4-6/h5-6H,3-4H2,1-2H3. The van der Waals surface area contributed by atoms with Crippen molar-refractivity contribution >= 4 is 0 Å². The van der Waals surface area contributed by atoms with E-state index in [9.17, 15) is 0 Å². The highest BCUT2D eigenvalue weighted by atomic mass is 16.5. The Morgan fingerprint density at radius 3 is 2.64 bits per heavy atom. The zero-order chi connectivity index (χ0) is 7.84. The van der Waals surface area contributed by atoms with Crippen molar-refractivity contribution in [3.63, 3.8) is 0 Å². The topological polar surface area (TPSA) is 38.9 Å². The van der Waals surface area contributed by atoms with Gasteiger partial charge in [0.2, 0.25) is 5.89 Å². The van der Waals surface area contributed by atoms with Gasteiger partial charge in [0.1, 0.15) is 0 Å². The number of aromatic nitrogens is 2. The molecule has 1 aromatic heterocycles. The Kier molecular flexibility index (Phi) is 1.44. The SMILES string of the molecule is CC(C)c1nc(C2CC2)no1. The summed E-state index contributed by atoms with van der Waals surface area (Å²) in [5.41, 5.74) is 0. The van der Waals surface area contributed by atoms with Crippen LogP contribution in [0.4, 0.5) is 0 Å². The van der Waals surface area contributed by atoms with Crippen molar-refractivity contribution < 1.29 is 4.52 Å². The first-order valence-corrected chi connectivity index (χ1v) is 4.11. The third kappa shape index (κ3) is 1.27. The predicted octanol–water partition coefficient (Wildman–Crippen LogP) is 2.07. The van der Waals surface area contributed by atoms with E-state index < -0.39 is 0 Å². The molecule has 0 amide bonds. The fourth-order valence-corrected chi connectivity index (χ4v) is 0.989. The van der Waals surface area contributed by atoms with E-state index in [0.717, 1.165) is 11.7 Å². The summed E-state index contributed by atoms with van der Waals surface area (Å²) in [6.45, 7) is 4.12. The van der Waals surface area contributed by atoms with Gasteiger partial charge < -0.3 is 4.52 Å². The minimum atomic E-state index is 0.356. The minimum Gasteiger partial charge on any atom is -0.339 e. The predicted molar refractivity (Wildman–Crippen MR) is 40.4 cm³/mol. The molecule has 0 saturated heterocycles. The molecule has 2 rings (SSSR count). The van der Waals surface area contributed by atoms with Crippen molar-refractivity contribution in [1.29, 1.82) is 0 Å². The fourth-order valence-electron chi connectivity index (χ4n) is 0.989. The van der Waals surface area contributed by atoms with Crippen molar-refractivity contribution in [3.8, 4) is 0 Å². The highest BCUT2D eigenvalue weighted by Gasteiger charge is 2.28. The van der Waals surface area contributed by atoms with Gasteiger partial charge in [-0.1, -0.05) is 19.0 Å². The molecule has 60 valence electrons. The monoisotopic (exact) mass is 152 g/mol. The first kappa shape index (κ1) is 6.83. The molecule has 0 radical (unpaired) electrons. The Labute approximate surface area is 65.8 Å². The summed E-state index contributed by atoms with van der Waals surface area (Å²) < 4.78 is 5.07. The molecule has 0 bridgehead atoms. The van der Waals surface area contributed by atoms with Crippen LogP contribution in [0.1, 0.15) is 50.2 Å². The van der Waals surface area contributed by atoms with Crippen LogP contribution in [0.15, 0.2) is 4.52 Å². The normalized spacial score (nSPS) is 17.7. The van der Waals surface area contributed by atoms with Crippen LogP contribution in [0.25, 0.3) is 0 Å². The van der Waals surface area contributed by atoms with Gasteiger partial charge in [-0.05, 0) is 12.8 Å². The second-order valence-electron chi connectivity index (χ2n) is 3.42. The quantitative estimate of drug-likeness (QED) is 0.651. The highest BCUT2D eigenvalue weighted by molar-refractivity contribution is 5.04. The average molecular weight is 152 g/mol. The van der Waals surface area contributed by atoms with Gasteiger partial charge >= 0.3 is 0 Å². The Bertz CT molecular complexity index is 234. The average Bonchev–Trinajstić information content (AvgIpc) is 2.68. The second-order valence-corrected chi connectivity index (χ2v) is 3.42. The molecule has 0 unspecified atom stereocenters. The molecule has 3 heteroatoms. The van der Waals surface area contributed by atoms with Gasteiger partial charge in [0, 0.05) is 11.8 Å². The highest BCUT2D eigenvalue weighted by Crippen LogP contribution is 2.38.